The summed E-state index contributed by atoms with van der Waals surface area (Å²) in [5.41, 5.74) is 2.76. The third-order valence-corrected chi connectivity index (χ3v) is 4.38. The van der Waals surface area contributed by atoms with Crippen molar-refractivity contribution in [2.24, 2.45) is 0 Å². The van der Waals surface area contributed by atoms with Gasteiger partial charge in [-0.05, 0) is 57.9 Å². The first-order valence-electron chi connectivity index (χ1n) is 6.22. The number of hydrogen-bond acceptors (Lipinski definition) is 2. The molecule has 2 N–H and O–H groups in total. The Morgan fingerprint density at radius 1 is 1.24 bits per heavy atom. The first-order valence-corrected chi connectivity index (χ1v) is 7.39. The molecule has 6 heteroatoms. The predicted molar refractivity (Wildman–Crippen MR) is 85.9 cm³/mol. The summed E-state index contributed by atoms with van der Waals surface area (Å²) in [6, 6.07) is 10.3. The van der Waals surface area contributed by atoms with Crippen LogP contribution in [0.2, 0.25) is 5.02 Å². The molecule has 0 saturated carbocycles. The topological polar surface area (TPSA) is 58.2 Å². The van der Waals surface area contributed by atoms with Gasteiger partial charge in [0.2, 0.25) is 5.91 Å². The molecule has 0 aromatic heterocycles. The lowest BCUT2D eigenvalue weighted by molar-refractivity contribution is -0.115. The molecule has 3 rings (SSSR count). The predicted octanol–water partition coefficient (Wildman–Crippen LogP) is 3.85. The molecule has 21 heavy (non-hydrogen) atoms. The third kappa shape index (κ3) is 2.94. The largest absolute Gasteiger partial charge is 0.326 e. The number of carbonyl (C=O) groups excluding carboxylic acids is 2. The van der Waals surface area contributed by atoms with Gasteiger partial charge in [-0.3, -0.25) is 9.59 Å². The van der Waals surface area contributed by atoms with Gasteiger partial charge < -0.3 is 10.6 Å². The van der Waals surface area contributed by atoms with Crippen molar-refractivity contribution in [1.82, 2.24) is 0 Å². The first-order chi connectivity index (χ1) is 10.0. The van der Waals surface area contributed by atoms with Crippen LogP contribution in [0.4, 0.5) is 11.4 Å². The van der Waals surface area contributed by atoms with E-state index in [0.29, 0.717) is 27.2 Å². The third-order valence-electron chi connectivity index (χ3n) is 3.17. The highest BCUT2D eigenvalue weighted by atomic mass is 79.9. The summed E-state index contributed by atoms with van der Waals surface area (Å²) in [4.78, 5) is 23.5. The van der Waals surface area contributed by atoms with Gasteiger partial charge in [0, 0.05) is 21.4 Å². The van der Waals surface area contributed by atoms with Crippen LogP contribution >= 0.6 is 27.5 Å². The average Bonchev–Trinajstić information content (AvgIpc) is 2.82. The molecule has 0 atom stereocenters. The molecule has 1 aliphatic heterocycles. The fraction of sp³-hybridized carbons (Fsp3) is 0.0667. The molecule has 2 aromatic rings. The standard InChI is InChI=1S/C15H10BrClN2O2/c16-11-7-10(2-3-12(11)17)18-15(21)8-1-4-13-9(5-8)6-14(20)19-13/h1-5,7H,6H2,(H,18,21)(H,19,20). The van der Waals surface area contributed by atoms with Gasteiger partial charge in [-0.2, -0.15) is 0 Å². The maximum atomic E-state index is 12.2. The zero-order chi connectivity index (χ0) is 15.0. The van der Waals surface area contributed by atoms with E-state index in [-0.39, 0.29) is 11.8 Å². The average molecular weight is 366 g/mol. The van der Waals surface area contributed by atoms with Crippen molar-refractivity contribution in [3.05, 3.63) is 57.0 Å². The Balaban J connectivity index is 1.81. The van der Waals surface area contributed by atoms with Gasteiger partial charge in [-0.15, -0.1) is 0 Å². The molecule has 0 saturated heterocycles. The SMILES string of the molecule is O=C1Cc2cc(C(=O)Nc3ccc(Cl)c(Br)c3)ccc2N1. The Kier molecular flexibility index (Phi) is 3.69. The molecule has 2 amide bonds. The van der Waals surface area contributed by atoms with Crippen LogP contribution in [0.1, 0.15) is 15.9 Å². The van der Waals surface area contributed by atoms with Crippen LogP contribution in [0, 0.1) is 0 Å². The summed E-state index contributed by atoms with van der Waals surface area (Å²) in [5, 5.41) is 6.11. The second-order valence-electron chi connectivity index (χ2n) is 4.68. The lowest BCUT2D eigenvalue weighted by Gasteiger charge is -2.07. The number of benzene rings is 2. The van der Waals surface area contributed by atoms with Gasteiger partial charge in [0.25, 0.3) is 5.91 Å². The summed E-state index contributed by atoms with van der Waals surface area (Å²) in [7, 11) is 0. The maximum absolute atomic E-state index is 12.2. The molecular weight excluding hydrogens is 356 g/mol. The fourth-order valence-corrected chi connectivity index (χ4v) is 2.64. The molecule has 0 fully saturated rings. The second-order valence-corrected chi connectivity index (χ2v) is 5.94. The Bertz CT molecular complexity index is 761. The summed E-state index contributed by atoms with van der Waals surface area (Å²) in [5.74, 6) is -0.282. The Morgan fingerprint density at radius 3 is 2.81 bits per heavy atom. The first kappa shape index (κ1) is 14.1. The smallest absolute Gasteiger partial charge is 0.255 e. The van der Waals surface area contributed by atoms with E-state index in [1.807, 2.05) is 0 Å². The van der Waals surface area contributed by atoms with Crippen molar-refractivity contribution >= 4 is 50.7 Å². The number of halogens is 2. The van der Waals surface area contributed by atoms with Crippen LogP contribution in [0.5, 0.6) is 0 Å². The van der Waals surface area contributed by atoms with Crippen molar-refractivity contribution in [2.45, 2.75) is 6.42 Å². The molecule has 0 bridgehead atoms. The van der Waals surface area contributed by atoms with Gasteiger partial charge >= 0.3 is 0 Å². The normalized spacial score (nSPS) is 12.8. The van der Waals surface area contributed by atoms with E-state index in [2.05, 4.69) is 26.6 Å². The van der Waals surface area contributed by atoms with Crippen LogP contribution in [-0.4, -0.2) is 11.8 Å². The van der Waals surface area contributed by atoms with Crippen molar-refractivity contribution in [3.8, 4) is 0 Å². The minimum absolute atomic E-state index is 0.0517. The Labute approximate surface area is 134 Å². The van der Waals surface area contributed by atoms with E-state index in [0.717, 1.165) is 11.3 Å². The number of anilines is 2. The monoisotopic (exact) mass is 364 g/mol. The molecule has 0 unspecified atom stereocenters. The van der Waals surface area contributed by atoms with Crippen molar-refractivity contribution in [3.63, 3.8) is 0 Å². The van der Waals surface area contributed by atoms with Crippen LogP contribution in [0.3, 0.4) is 0 Å². The van der Waals surface area contributed by atoms with Crippen LogP contribution in [-0.2, 0) is 11.2 Å². The number of hydrogen-bond donors (Lipinski definition) is 2. The number of amides is 2. The number of fused-ring (bicyclic) bond motifs is 1. The molecule has 0 radical (unpaired) electrons. The maximum Gasteiger partial charge on any atom is 0.255 e. The highest BCUT2D eigenvalue weighted by molar-refractivity contribution is 9.10. The van der Waals surface area contributed by atoms with Gasteiger partial charge in [0.05, 0.1) is 11.4 Å². The van der Waals surface area contributed by atoms with Crippen LogP contribution in [0.25, 0.3) is 0 Å². The van der Waals surface area contributed by atoms with E-state index >= 15 is 0 Å². The molecule has 1 aliphatic rings. The van der Waals surface area contributed by atoms with Crippen LogP contribution in [0.15, 0.2) is 40.9 Å². The fourth-order valence-electron chi connectivity index (χ4n) is 2.15. The highest BCUT2D eigenvalue weighted by Gasteiger charge is 2.19. The van der Waals surface area contributed by atoms with E-state index in [1.54, 1.807) is 36.4 Å². The molecule has 4 nitrogen and oxygen atoms in total. The van der Waals surface area contributed by atoms with E-state index in [9.17, 15) is 9.59 Å². The van der Waals surface area contributed by atoms with Crippen LogP contribution < -0.4 is 10.6 Å². The number of nitrogens with one attached hydrogen (secondary N) is 2. The minimum atomic E-state index is -0.230. The van der Waals surface area contributed by atoms with Crippen molar-refractivity contribution in [1.29, 1.82) is 0 Å². The second kappa shape index (κ2) is 5.50. The molecule has 0 spiro atoms. The van der Waals surface area contributed by atoms with E-state index < -0.39 is 0 Å². The molecule has 2 aromatic carbocycles. The summed E-state index contributed by atoms with van der Waals surface area (Å²) >= 11 is 9.22. The molecular formula is C15H10BrClN2O2. The quantitative estimate of drug-likeness (QED) is 0.849. The molecule has 0 aliphatic carbocycles. The van der Waals surface area contributed by atoms with Gasteiger partial charge in [-0.25, -0.2) is 0 Å². The lowest BCUT2D eigenvalue weighted by Crippen LogP contribution is -2.12. The zero-order valence-corrected chi connectivity index (χ0v) is 13.1. The van der Waals surface area contributed by atoms with Crippen molar-refractivity contribution in [2.75, 3.05) is 10.6 Å². The summed E-state index contributed by atoms with van der Waals surface area (Å²) in [6.07, 6.45) is 0.308. The van der Waals surface area contributed by atoms with Gasteiger partial charge in [0.15, 0.2) is 0 Å². The zero-order valence-electron chi connectivity index (χ0n) is 10.7. The van der Waals surface area contributed by atoms with E-state index in [1.165, 1.54) is 0 Å². The van der Waals surface area contributed by atoms with Crippen molar-refractivity contribution < 1.29 is 9.59 Å². The minimum Gasteiger partial charge on any atom is -0.326 e. The van der Waals surface area contributed by atoms with Gasteiger partial charge in [0.1, 0.15) is 0 Å². The van der Waals surface area contributed by atoms with E-state index in [4.69, 9.17) is 11.6 Å². The highest BCUT2D eigenvalue weighted by Crippen LogP contribution is 2.27. The Morgan fingerprint density at radius 2 is 2.05 bits per heavy atom. The number of carbonyl (C=O) groups is 2. The molecule has 106 valence electrons. The lowest BCUT2D eigenvalue weighted by atomic mass is 10.1. The Hall–Kier alpha value is -1.85. The van der Waals surface area contributed by atoms with Gasteiger partial charge in [-0.1, -0.05) is 11.6 Å². The summed E-state index contributed by atoms with van der Waals surface area (Å²) < 4.78 is 0.714. The number of rotatable bonds is 2. The summed E-state index contributed by atoms with van der Waals surface area (Å²) in [6.45, 7) is 0. The molecule has 1 heterocycles.